The van der Waals surface area contributed by atoms with Gasteiger partial charge in [0.25, 0.3) is 0 Å². The van der Waals surface area contributed by atoms with Crippen LogP contribution in [-0.2, 0) is 9.47 Å². The van der Waals surface area contributed by atoms with Crippen molar-refractivity contribution in [3.8, 4) is 0 Å². The van der Waals surface area contributed by atoms with Crippen LogP contribution in [0.15, 0.2) is 0 Å². The van der Waals surface area contributed by atoms with Gasteiger partial charge in [0.1, 0.15) is 0 Å². The summed E-state index contributed by atoms with van der Waals surface area (Å²) in [5.74, 6) is 0. The van der Waals surface area contributed by atoms with Crippen LogP contribution in [0, 0.1) is 5.41 Å². The minimum absolute atomic E-state index is 0.220. The second-order valence-corrected chi connectivity index (χ2v) is 3.54. The van der Waals surface area contributed by atoms with E-state index in [-0.39, 0.29) is 11.5 Å². The molecule has 1 atom stereocenters. The average Bonchev–Trinajstić information content (AvgIpc) is 2.13. The van der Waals surface area contributed by atoms with Gasteiger partial charge >= 0.3 is 0 Å². The number of ether oxygens (including phenoxy) is 2. The van der Waals surface area contributed by atoms with Gasteiger partial charge in [-0.15, -0.1) is 0 Å². The zero-order valence-corrected chi connectivity index (χ0v) is 9.02. The fraction of sp³-hybridized carbons (Fsp3) is 1.00. The summed E-state index contributed by atoms with van der Waals surface area (Å²) >= 11 is 0. The smallest absolute Gasteiger partial charge is 0.0857 e. The van der Waals surface area contributed by atoms with E-state index in [9.17, 15) is 0 Å². The Kier molecular flexibility index (Phi) is 5.51. The largest absolute Gasteiger partial charge is 0.382 e. The Labute approximate surface area is 76.3 Å². The van der Waals surface area contributed by atoms with Crippen LogP contribution in [0.5, 0.6) is 0 Å². The molecule has 12 heavy (non-hydrogen) atoms. The quantitative estimate of drug-likeness (QED) is 0.616. The molecule has 0 radical (unpaired) electrons. The molecule has 0 aromatic rings. The van der Waals surface area contributed by atoms with E-state index >= 15 is 0 Å². The second kappa shape index (κ2) is 5.55. The summed E-state index contributed by atoms with van der Waals surface area (Å²) in [4.78, 5) is 0. The van der Waals surface area contributed by atoms with Crippen molar-refractivity contribution in [3.63, 3.8) is 0 Å². The monoisotopic (exact) mass is 174 g/mol. The van der Waals surface area contributed by atoms with Crippen molar-refractivity contribution in [2.45, 2.75) is 39.7 Å². The average molecular weight is 174 g/mol. The van der Waals surface area contributed by atoms with Crippen LogP contribution < -0.4 is 0 Å². The molecule has 0 amide bonds. The lowest BCUT2D eigenvalue weighted by Crippen LogP contribution is -2.36. The highest BCUT2D eigenvalue weighted by atomic mass is 16.5. The van der Waals surface area contributed by atoms with Crippen LogP contribution in [0.25, 0.3) is 0 Å². The summed E-state index contributed by atoms with van der Waals surface area (Å²) in [5, 5.41) is 0. The van der Waals surface area contributed by atoms with Crippen molar-refractivity contribution in [3.05, 3.63) is 0 Å². The van der Waals surface area contributed by atoms with E-state index in [4.69, 9.17) is 9.47 Å². The Balaban J connectivity index is 4.21. The minimum Gasteiger partial charge on any atom is -0.382 e. The number of hydrogen-bond acceptors (Lipinski definition) is 2. The molecule has 0 aliphatic carbocycles. The first kappa shape index (κ1) is 11.9. The molecule has 0 heterocycles. The third kappa shape index (κ3) is 2.76. The van der Waals surface area contributed by atoms with Gasteiger partial charge in [0.2, 0.25) is 0 Å². The Hall–Kier alpha value is -0.0800. The van der Waals surface area contributed by atoms with Crippen LogP contribution in [0.3, 0.4) is 0 Å². The van der Waals surface area contributed by atoms with Gasteiger partial charge in [0, 0.05) is 14.2 Å². The van der Waals surface area contributed by atoms with Gasteiger partial charge in [-0.3, -0.25) is 0 Å². The predicted octanol–water partition coefficient (Wildman–Crippen LogP) is 2.47. The maximum atomic E-state index is 5.41. The molecule has 0 bridgehead atoms. The van der Waals surface area contributed by atoms with Crippen LogP contribution in [-0.4, -0.2) is 26.9 Å². The van der Waals surface area contributed by atoms with Gasteiger partial charge in [-0.2, -0.15) is 0 Å². The Bertz CT molecular complexity index is 108. The Morgan fingerprint density at radius 1 is 1.17 bits per heavy atom. The van der Waals surface area contributed by atoms with Gasteiger partial charge in [0.15, 0.2) is 0 Å². The molecule has 2 heteroatoms. The summed E-state index contributed by atoms with van der Waals surface area (Å²) in [7, 11) is 3.48. The molecule has 0 N–H and O–H groups in total. The van der Waals surface area contributed by atoms with Crippen molar-refractivity contribution in [1.82, 2.24) is 0 Å². The SMILES string of the molecule is CCC(C)(CC)C(COC)OC. The van der Waals surface area contributed by atoms with Crippen LogP contribution in [0.4, 0.5) is 0 Å². The van der Waals surface area contributed by atoms with Gasteiger partial charge in [-0.1, -0.05) is 20.8 Å². The molecule has 1 unspecified atom stereocenters. The molecule has 0 aliphatic rings. The molecular formula is C10H22O2. The number of rotatable bonds is 6. The second-order valence-electron chi connectivity index (χ2n) is 3.54. The van der Waals surface area contributed by atoms with Crippen LogP contribution >= 0.6 is 0 Å². The molecule has 0 aliphatic heterocycles. The topological polar surface area (TPSA) is 18.5 Å². The first-order valence-corrected chi connectivity index (χ1v) is 4.66. The molecule has 0 aromatic carbocycles. The zero-order valence-electron chi connectivity index (χ0n) is 9.02. The lowest BCUT2D eigenvalue weighted by atomic mass is 9.79. The van der Waals surface area contributed by atoms with Crippen molar-refractivity contribution in [1.29, 1.82) is 0 Å². The van der Waals surface area contributed by atoms with Gasteiger partial charge < -0.3 is 9.47 Å². The molecule has 74 valence electrons. The first-order chi connectivity index (χ1) is 5.64. The molecule has 2 nitrogen and oxygen atoms in total. The van der Waals surface area contributed by atoms with Gasteiger partial charge in [-0.05, 0) is 18.3 Å². The summed E-state index contributed by atoms with van der Waals surface area (Å²) in [6.45, 7) is 7.34. The lowest BCUT2D eigenvalue weighted by Gasteiger charge is -2.34. The highest BCUT2D eigenvalue weighted by molar-refractivity contribution is 4.80. The molecule has 0 saturated carbocycles. The zero-order chi connectivity index (χ0) is 9.61. The van der Waals surface area contributed by atoms with E-state index in [1.807, 2.05) is 0 Å². The maximum absolute atomic E-state index is 5.41. The minimum atomic E-state index is 0.220. The van der Waals surface area contributed by atoms with Crippen LogP contribution in [0.2, 0.25) is 0 Å². The van der Waals surface area contributed by atoms with E-state index in [0.29, 0.717) is 6.61 Å². The van der Waals surface area contributed by atoms with Gasteiger partial charge in [0.05, 0.1) is 12.7 Å². The third-order valence-corrected chi connectivity index (χ3v) is 3.00. The fourth-order valence-electron chi connectivity index (χ4n) is 1.41. The third-order valence-electron chi connectivity index (χ3n) is 3.00. The number of methoxy groups -OCH3 is 2. The fourth-order valence-corrected chi connectivity index (χ4v) is 1.41. The molecular weight excluding hydrogens is 152 g/mol. The van der Waals surface area contributed by atoms with E-state index in [1.54, 1.807) is 14.2 Å². The number of hydrogen-bond donors (Lipinski definition) is 0. The van der Waals surface area contributed by atoms with E-state index in [0.717, 1.165) is 12.8 Å². The highest BCUT2D eigenvalue weighted by Gasteiger charge is 2.30. The Morgan fingerprint density at radius 3 is 1.92 bits per heavy atom. The molecule has 0 fully saturated rings. The van der Waals surface area contributed by atoms with E-state index in [1.165, 1.54) is 0 Å². The van der Waals surface area contributed by atoms with Crippen molar-refractivity contribution < 1.29 is 9.47 Å². The summed E-state index contributed by atoms with van der Waals surface area (Å²) in [5.41, 5.74) is 0.255. The van der Waals surface area contributed by atoms with Crippen molar-refractivity contribution in [2.24, 2.45) is 5.41 Å². The van der Waals surface area contributed by atoms with Gasteiger partial charge in [-0.25, -0.2) is 0 Å². The summed E-state index contributed by atoms with van der Waals surface area (Å²) in [6, 6.07) is 0. The predicted molar refractivity (Wildman–Crippen MR) is 51.4 cm³/mol. The highest BCUT2D eigenvalue weighted by Crippen LogP contribution is 2.31. The summed E-state index contributed by atoms with van der Waals surface area (Å²) in [6.07, 6.45) is 2.48. The first-order valence-electron chi connectivity index (χ1n) is 4.66. The molecule has 0 saturated heterocycles. The van der Waals surface area contributed by atoms with Crippen LogP contribution in [0.1, 0.15) is 33.6 Å². The lowest BCUT2D eigenvalue weighted by molar-refractivity contribution is -0.0529. The molecule has 0 spiro atoms. The summed E-state index contributed by atoms with van der Waals surface area (Å²) < 4.78 is 10.5. The normalized spacial score (nSPS) is 14.8. The van der Waals surface area contributed by atoms with E-state index < -0.39 is 0 Å². The molecule has 0 aromatic heterocycles. The maximum Gasteiger partial charge on any atom is 0.0857 e. The Morgan fingerprint density at radius 2 is 1.67 bits per heavy atom. The standard InChI is InChI=1S/C10H22O2/c1-6-10(3,7-2)9(12-5)8-11-4/h9H,6-8H2,1-5H3. The van der Waals surface area contributed by atoms with Crippen molar-refractivity contribution in [2.75, 3.05) is 20.8 Å². The van der Waals surface area contributed by atoms with E-state index in [2.05, 4.69) is 20.8 Å². The molecule has 0 rings (SSSR count). The van der Waals surface area contributed by atoms with Crippen molar-refractivity contribution >= 4 is 0 Å².